The number of methoxy groups -OCH3 is 1. The Labute approximate surface area is 231 Å². The maximum absolute atomic E-state index is 6.41. The number of anilines is 2. The molecule has 1 aromatic heterocycles. The van der Waals surface area contributed by atoms with Crippen LogP contribution in [0.4, 0.5) is 11.6 Å². The second-order valence-electron chi connectivity index (χ2n) is 10.3. The first-order chi connectivity index (χ1) is 19.2. The van der Waals surface area contributed by atoms with Crippen molar-refractivity contribution < 1.29 is 9.15 Å². The van der Waals surface area contributed by atoms with Gasteiger partial charge in [-0.25, -0.2) is 4.90 Å². The summed E-state index contributed by atoms with van der Waals surface area (Å²) in [6.07, 6.45) is 11.2. The molecule has 0 amide bonds. The van der Waals surface area contributed by atoms with Gasteiger partial charge in [-0.15, -0.1) is 0 Å². The zero-order chi connectivity index (χ0) is 27.0. The van der Waals surface area contributed by atoms with Crippen molar-refractivity contribution in [3.05, 3.63) is 78.6 Å². The average molecular weight is 525 g/mol. The Hall–Kier alpha value is -3.77. The Morgan fingerprint density at radius 3 is 2.31 bits per heavy atom. The minimum atomic E-state index is 0.322. The Bertz CT molecular complexity index is 1380. The molecule has 3 N–H and O–H groups in total. The lowest BCUT2D eigenvalue weighted by molar-refractivity contribution is 0.415. The summed E-state index contributed by atoms with van der Waals surface area (Å²) in [6, 6.07) is 23.2. The molecule has 2 fully saturated rings. The SMILES string of the molecule is C1CCNC1.CN=C(N)N(c1cc(-c2ccc(C3CCCCC3)cc2)ccc1OC)c1occ2ccccc12. The van der Waals surface area contributed by atoms with E-state index in [-0.39, 0.29) is 0 Å². The lowest BCUT2D eigenvalue weighted by atomic mass is 9.84. The summed E-state index contributed by atoms with van der Waals surface area (Å²) in [5.41, 5.74) is 10.9. The fourth-order valence-electron chi connectivity index (χ4n) is 5.64. The third-order valence-corrected chi connectivity index (χ3v) is 7.85. The molecule has 0 radical (unpaired) electrons. The summed E-state index contributed by atoms with van der Waals surface area (Å²) in [5.74, 6) is 2.32. The number of hydrogen-bond acceptors (Lipinski definition) is 4. The van der Waals surface area contributed by atoms with E-state index in [1.165, 1.54) is 63.6 Å². The van der Waals surface area contributed by atoms with Crippen LogP contribution in [0.3, 0.4) is 0 Å². The van der Waals surface area contributed by atoms with Gasteiger partial charge in [0, 0.05) is 17.8 Å². The van der Waals surface area contributed by atoms with Crippen molar-refractivity contribution in [1.82, 2.24) is 5.32 Å². The van der Waals surface area contributed by atoms with Crippen molar-refractivity contribution >= 4 is 28.3 Å². The molecule has 0 unspecified atom stereocenters. The summed E-state index contributed by atoms with van der Waals surface area (Å²) < 4.78 is 11.7. The molecule has 4 aromatic rings. The molecule has 6 heteroatoms. The molecule has 6 nitrogen and oxygen atoms in total. The fraction of sp³-hybridized carbons (Fsp3) is 0.364. The molecule has 3 aromatic carbocycles. The van der Waals surface area contributed by atoms with E-state index in [0.717, 1.165) is 27.6 Å². The molecule has 0 spiro atoms. The van der Waals surface area contributed by atoms with Gasteiger partial charge in [-0.05, 0) is 79.6 Å². The van der Waals surface area contributed by atoms with Crippen LogP contribution in [0, 0.1) is 0 Å². The average Bonchev–Trinajstić information content (AvgIpc) is 3.72. The van der Waals surface area contributed by atoms with Crippen molar-refractivity contribution in [3.8, 4) is 16.9 Å². The Balaban J connectivity index is 0.000000555. The highest BCUT2D eigenvalue weighted by Crippen LogP contribution is 2.41. The number of fused-ring (bicyclic) bond motifs is 1. The zero-order valence-corrected chi connectivity index (χ0v) is 23.2. The first-order valence-electron chi connectivity index (χ1n) is 14.2. The van der Waals surface area contributed by atoms with Crippen LogP contribution in [0.5, 0.6) is 5.75 Å². The predicted octanol–water partition coefficient (Wildman–Crippen LogP) is 7.61. The molecule has 1 saturated heterocycles. The van der Waals surface area contributed by atoms with E-state index in [9.17, 15) is 0 Å². The van der Waals surface area contributed by atoms with Crippen LogP contribution in [-0.2, 0) is 0 Å². The number of aliphatic imine (C=N–C) groups is 1. The molecule has 1 aliphatic carbocycles. The van der Waals surface area contributed by atoms with E-state index in [1.54, 1.807) is 20.4 Å². The van der Waals surface area contributed by atoms with Crippen LogP contribution < -0.4 is 20.7 Å². The van der Waals surface area contributed by atoms with Gasteiger partial charge in [0.15, 0.2) is 0 Å². The first kappa shape index (κ1) is 26.8. The van der Waals surface area contributed by atoms with Gasteiger partial charge in [-0.3, -0.25) is 4.99 Å². The summed E-state index contributed by atoms with van der Waals surface area (Å²) in [6.45, 7) is 2.50. The summed E-state index contributed by atoms with van der Waals surface area (Å²) in [4.78, 5) is 6.09. The fourth-order valence-corrected chi connectivity index (χ4v) is 5.64. The van der Waals surface area contributed by atoms with Gasteiger partial charge < -0.3 is 20.2 Å². The van der Waals surface area contributed by atoms with Crippen molar-refractivity contribution in [3.63, 3.8) is 0 Å². The van der Waals surface area contributed by atoms with Gasteiger partial charge in [-0.2, -0.15) is 0 Å². The first-order valence-corrected chi connectivity index (χ1v) is 14.2. The number of hydrogen-bond donors (Lipinski definition) is 2. The Morgan fingerprint density at radius 2 is 1.64 bits per heavy atom. The van der Waals surface area contributed by atoms with Gasteiger partial charge >= 0.3 is 0 Å². The number of benzene rings is 3. The topological polar surface area (TPSA) is 76.0 Å². The van der Waals surface area contributed by atoms with E-state index in [4.69, 9.17) is 14.9 Å². The van der Waals surface area contributed by atoms with Crippen molar-refractivity contribution in [2.24, 2.45) is 10.7 Å². The molecular formula is C33H40N4O2. The number of rotatable bonds is 5. The number of nitrogens with one attached hydrogen (secondary N) is 1. The molecule has 204 valence electrons. The lowest BCUT2D eigenvalue weighted by Gasteiger charge is -2.24. The largest absolute Gasteiger partial charge is 0.495 e. The van der Waals surface area contributed by atoms with Crippen LogP contribution in [0.1, 0.15) is 56.4 Å². The molecule has 2 aliphatic rings. The van der Waals surface area contributed by atoms with Crippen molar-refractivity contribution in [1.29, 1.82) is 0 Å². The van der Waals surface area contributed by atoms with Crippen LogP contribution >= 0.6 is 0 Å². The summed E-state index contributed by atoms with van der Waals surface area (Å²) in [5, 5.41) is 5.18. The van der Waals surface area contributed by atoms with E-state index < -0.39 is 0 Å². The smallest absolute Gasteiger partial charge is 0.214 e. The minimum Gasteiger partial charge on any atom is -0.495 e. The van der Waals surface area contributed by atoms with E-state index in [2.05, 4.69) is 46.7 Å². The highest BCUT2D eigenvalue weighted by Gasteiger charge is 2.24. The second-order valence-corrected chi connectivity index (χ2v) is 10.3. The number of guanidine groups is 1. The minimum absolute atomic E-state index is 0.322. The molecule has 2 heterocycles. The van der Waals surface area contributed by atoms with Gasteiger partial charge in [0.1, 0.15) is 12.0 Å². The number of furan rings is 1. The third-order valence-electron chi connectivity index (χ3n) is 7.85. The monoisotopic (exact) mass is 524 g/mol. The lowest BCUT2D eigenvalue weighted by Crippen LogP contribution is -2.33. The molecule has 1 aliphatic heterocycles. The van der Waals surface area contributed by atoms with E-state index >= 15 is 0 Å². The maximum Gasteiger partial charge on any atom is 0.214 e. The van der Waals surface area contributed by atoms with Crippen LogP contribution in [0.2, 0.25) is 0 Å². The maximum atomic E-state index is 6.41. The Morgan fingerprint density at radius 1 is 0.923 bits per heavy atom. The number of nitrogens with two attached hydrogens (primary N) is 1. The predicted molar refractivity (Wildman–Crippen MR) is 162 cm³/mol. The molecule has 39 heavy (non-hydrogen) atoms. The Kier molecular flexibility index (Phi) is 8.84. The third kappa shape index (κ3) is 6.12. The molecular weight excluding hydrogens is 484 g/mol. The number of ether oxygens (including phenoxy) is 1. The van der Waals surface area contributed by atoms with E-state index in [1.807, 2.05) is 35.2 Å². The zero-order valence-electron chi connectivity index (χ0n) is 23.2. The number of nitrogens with zero attached hydrogens (tertiary/aromatic N) is 2. The molecule has 0 atom stereocenters. The quantitative estimate of drug-likeness (QED) is 0.208. The van der Waals surface area contributed by atoms with Gasteiger partial charge in [0.2, 0.25) is 11.8 Å². The normalized spacial score (nSPS) is 16.1. The van der Waals surface area contributed by atoms with Crippen LogP contribution in [0.15, 0.2) is 82.4 Å². The highest BCUT2D eigenvalue weighted by molar-refractivity contribution is 6.08. The van der Waals surface area contributed by atoms with Crippen molar-refractivity contribution in [2.75, 3.05) is 32.1 Å². The highest BCUT2D eigenvalue weighted by atomic mass is 16.5. The standard InChI is InChI=1S/C29H31N3O2.C4H9N/c1-31-29(30)32(28-25-11-7-6-10-24(25)19-34-28)26-18-23(16-17-27(26)33-2)22-14-12-21(13-15-22)20-8-4-3-5-9-20;1-2-4-5-3-1/h6-7,10-20H,3-5,8-9H2,1-2H3,(H2,30,31);5H,1-4H2. The van der Waals surface area contributed by atoms with Gasteiger partial charge in [-0.1, -0.05) is 67.8 Å². The van der Waals surface area contributed by atoms with Crippen LogP contribution in [0.25, 0.3) is 21.9 Å². The van der Waals surface area contributed by atoms with Gasteiger partial charge in [0.25, 0.3) is 0 Å². The molecule has 6 rings (SSSR count). The van der Waals surface area contributed by atoms with Gasteiger partial charge in [0.05, 0.1) is 12.8 Å². The summed E-state index contributed by atoms with van der Waals surface area (Å²) >= 11 is 0. The second kappa shape index (κ2) is 12.9. The molecule has 1 saturated carbocycles. The van der Waals surface area contributed by atoms with Crippen molar-refractivity contribution in [2.45, 2.75) is 50.9 Å². The molecule has 0 bridgehead atoms. The summed E-state index contributed by atoms with van der Waals surface area (Å²) in [7, 11) is 3.34. The van der Waals surface area contributed by atoms with E-state index in [0.29, 0.717) is 23.5 Å². The van der Waals surface area contributed by atoms with Crippen LogP contribution in [-0.4, -0.2) is 33.2 Å².